The van der Waals surface area contributed by atoms with Gasteiger partial charge in [-0.3, -0.25) is 4.90 Å². The lowest BCUT2D eigenvalue weighted by molar-refractivity contribution is -0.139. The topological polar surface area (TPSA) is 89.9 Å². The van der Waals surface area contributed by atoms with Crippen molar-refractivity contribution in [2.24, 2.45) is 0 Å². The van der Waals surface area contributed by atoms with Crippen LogP contribution in [0.25, 0.3) is 0 Å². The Labute approximate surface area is 118 Å². The number of hydrogen-bond donors (Lipinski definition) is 3. The maximum Gasteiger partial charge on any atom is 0.326 e. The second kappa shape index (κ2) is 6.91. The number of aliphatic hydroxyl groups excluding tert-OH is 1. The summed E-state index contributed by atoms with van der Waals surface area (Å²) in [5, 5.41) is 20.1. The Morgan fingerprint density at radius 3 is 2.25 bits per heavy atom. The van der Waals surface area contributed by atoms with Crippen LogP contribution in [0.2, 0.25) is 0 Å². The molecule has 0 aliphatic heterocycles. The highest BCUT2D eigenvalue weighted by molar-refractivity contribution is 5.94. The number of anilines is 1. The van der Waals surface area contributed by atoms with E-state index >= 15 is 0 Å². The van der Waals surface area contributed by atoms with Gasteiger partial charge in [-0.25, -0.2) is 9.59 Å². The van der Waals surface area contributed by atoms with Gasteiger partial charge in [-0.05, 0) is 37.1 Å². The highest BCUT2D eigenvalue weighted by Gasteiger charge is 2.21. The molecule has 2 amide bonds. The summed E-state index contributed by atoms with van der Waals surface area (Å²) in [4.78, 5) is 24.3. The number of carbonyl (C=O) groups is 2. The zero-order chi connectivity index (χ0) is 15.3. The summed E-state index contributed by atoms with van der Waals surface area (Å²) in [6, 6.07) is 4.06. The first-order valence-electron chi connectivity index (χ1n) is 6.31. The summed E-state index contributed by atoms with van der Waals surface area (Å²) >= 11 is 0. The number of nitrogens with zero attached hydrogens (tertiary/aromatic N) is 1. The Hall–Kier alpha value is -2.08. The van der Waals surface area contributed by atoms with Crippen molar-refractivity contribution in [1.82, 2.24) is 5.32 Å². The molecule has 6 nitrogen and oxygen atoms in total. The third-order valence-electron chi connectivity index (χ3n) is 2.91. The van der Waals surface area contributed by atoms with Crippen molar-refractivity contribution in [3.63, 3.8) is 0 Å². The van der Waals surface area contributed by atoms with Crippen molar-refractivity contribution in [3.05, 3.63) is 29.3 Å². The Balaban J connectivity index is 2.82. The molecular weight excluding hydrogens is 260 g/mol. The highest BCUT2D eigenvalue weighted by Crippen LogP contribution is 2.17. The Kier molecular flexibility index (Phi) is 5.52. The molecule has 1 aromatic rings. The fourth-order valence-electron chi connectivity index (χ4n) is 1.89. The van der Waals surface area contributed by atoms with Crippen LogP contribution in [0.3, 0.4) is 0 Å². The van der Waals surface area contributed by atoms with Crippen molar-refractivity contribution in [2.45, 2.75) is 26.3 Å². The third kappa shape index (κ3) is 4.24. The molecule has 0 bridgehead atoms. The molecule has 0 aliphatic rings. The van der Waals surface area contributed by atoms with Gasteiger partial charge in [0.25, 0.3) is 0 Å². The summed E-state index contributed by atoms with van der Waals surface area (Å²) in [5.41, 5.74) is 2.72. The number of nitrogens with one attached hydrogen (secondary N) is 1. The molecule has 1 atom stereocenters. The largest absolute Gasteiger partial charge is 0.480 e. The molecule has 0 spiro atoms. The smallest absolute Gasteiger partial charge is 0.326 e. The molecule has 1 rings (SSSR count). The Morgan fingerprint density at radius 1 is 1.25 bits per heavy atom. The summed E-state index contributed by atoms with van der Waals surface area (Å²) in [7, 11) is 1.57. The maximum absolute atomic E-state index is 12.0. The molecule has 0 saturated carbocycles. The number of hydrogen-bond acceptors (Lipinski definition) is 3. The zero-order valence-corrected chi connectivity index (χ0v) is 11.9. The van der Waals surface area contributed by atoms with E-state index in [4.69, 9.17) is 10.2 Å². The number of urea groups is 1. The van der Waals surface area contributed by atoms with E-state index in [1.54, 1.807) is 7.05 Å². The van der Waals surface area contributed by atoms with E-state index in [1.165, 1.54) is 4.90 Å². The van der Waals surface area contributed by atoms with Crippen LogP contribution >= 0.6 is 0 Å². The SMILES string of the molecule is Cc1cc(C)cc(N(C)C(=O)N[C@@H](CCO)C(=O)O)c1. The van der Waals surface area contributed by atoms with Crippen LogP contribution < -0.4 is 10.2 Å². The average molecular weight is 280 g/mol. The quantitative estimate of drug-likeness (QED) is 0.758. The predicted octanol–water partition coefficient (Wildman–Crippen LogP) is 1.28. The molecule has 110 valence electrons. The lowest BCUT2D eigenvalue weighted by atomic mass is 10.1. The van der Waals surface area contributed by atoms with E-state index in [1.807, 2.05) is 32.0 Å². The van der Waals surface area contributed by atoms with Gasteiger partial charge in [-0.2, -0.15) is 0 Å². The van der Waals surface area contributed by atoms with Crippen molar-refractivity contribution in [1.29, 1.82) is 0 Å². The number of aliphatic hydroxyl groups is 1. The van der Waals surface area contributed by atoms with Crippen LogP contribution in [0.4, 0.5) is 10.5 Å². The van der Waals surface area contributed by atoms with Gasteiger partial charge in [0.05, 0.1) is 0 Å². The first-order valence-corrected chi connectivity index (χ1v) is 6.31. The summed E-state index contributed by atoms with van der Waals surface area (Å²) in [5.74, 6) is -1.17. The van der Waals surface area contributed by atoms with Crippen LogP contribution in [0.15, 0.2) is 18.2 Å². The van der Waals surface area contributed by atoms with Crippen LogP contribution in [0, 0.1) is 13.8 Å². The molecule has 0 aromatic heterocycles. The summed E-state index contributed by atoms with van der Waals surface area (Å²) in [6.45, 7) is 3.55. The van der Waals surface area contributed by atoms with Crippen molar-refractivity contribution >= 4 is 17.7 Å². The minimum atomic E-state index is -1.17. The molecule has 0 heterocycles. The van der Waals surface area contributed by atoms with Gasteiger partial charge in [0, 0.05) is 25.8 Å². The Bertz CT molecular complexity index is 482. The molecule has 1 aromatic carbocycles. The first kappa shape index (κ1) is 16.0. The van der Waals surface area contributed by atoms with Crippen LogP contribution in [0.5, 0.6) is 0 Å². The van der Waals surface area contributed by atoms with Gasteiger partial charge in [0.15, 0.2) is 0 Å². The number of aliphatic carboxylic acids is 1. The van der Waals surface area contributed by atoms with E-state index < -0.39 is 18.0 Å². The summed E-state index contributed by atoms with van der Waals surface area (Å²) < 4.78 is 0. The molecular formula is C14H20N2O4. The minimum Gasteiger partial charge on any atom is -0.480 e. The van der Waals surface area contributed by atoms with Crippen LogP contribution in [0.1, 0.15) is 17.5 Å². The van der Waals surface area contributed by atoms with Gasteiger partial charge in [-0.1, -0.05) is 6.07 Å². The zero-order valence-electron chi connectivity index (χ0n) is 11.9. The lowest BCUT2D eigenvalue weighted by Crippen LogP contribution is -2.47. The third-order valence-corrected chi connectivity index (χ3v) is 2.91. The average Bonchev–Trinajstić information content (AvgIpc) is 2.35. The molecule has 0 unspecified atom stereocenters. The number of carbonyl (C=O) groups excluding carboxylic acids is 1. The Morgan fingerprint density at radius 2 is 1.80 bits per heavy atom. The molecule has 6 heteroatoms. The van der Waals surface area contributed by atoms with Gasteiger partial charge < -0.3 is 15.5 Å². The normalized spacial score (nSPS) is 11.8. The number of carboxylic acid groups (broad SMARTS) is 1. The van der Waals surface area contributed by atoms with E-state index in [9.17, 15) is 9.59 Å². The van der Waals surface area contributed by atoms with Crippen molar-refractivity contribution in [3.8, 4) is 0 Å². The van der Waals surface area contributed by atoms with E-state index in [0.717, 1.165) is 11.1 Å². The van der Waals surface area contributed by atoms with E-state index in [2.05, 4.69) is 5.32 Å². The van der Waals surface area contributed by atoms with E-state index in [-0.39, 0.29) is 13.0 Å². The second-order valence-corrected chi connectivity index (χ2v) is 4.76. The number of amides is 2. The molecule has 0 radical (unpaired) electrons. The van der Waals surface area contributed by atoms with Gasteiger partial charge in [0.1, 0.15) is 6.04 Å². The van der Waals surface area contributed by atoms with Crippen LogP contribution in [-0.2, 0) is 4.79 Å². The standard InChI is InChI=1S/C14H20N2O4/c1-9-6-10(2)8-11(7-9)16(3)14(20)15-12(4-5-17)13(18)19/h6-8,12,17H,4-5H2,1-3H3,(H,15,20)(H,18,19)/t12-/m0/s1. The van der Waals surface area contributed by atoms with Crippen LogP contribution in [-0.4, -0.2) is 41.9 Å². The molecule has 0 aliphatic carbocycles. The lowest BCUT2D eigenvalue weighted by Gasteiger charge is -2.22. The minimum absolute atomic E-state index is 0.0260. The fourth-order valence-corrected chi connectivity index (χ4v) is 1.89. The molecule has 3 N–H and O–H groups in total. The molecule has 20 heavy (non-hydrogen) atoms. The number of carboxylic acids is 1. The number of benzene rings is 1. The molecule has 0 fully saturated rings. The highest BCUT2D eigenvalue weighted by atomic mass is 16.4. The summed E-state index contributed by atoms with van der Waals surface area (Å²) in [6.07, 6.45) is -0.0260. The monoisotopic (exact) mass is 280 g/mol. The van der Waals surface area contributed by atoms with Gasteiger partial charge >= 0.3 is 12.0 Å². The fraction of sp³-hybridized carbons (Fsp3) is 0.429. The molecule has 0 saturated heterocycles. The number of aryl methyl sites for hydroxylation is 2. The van der Waals surface area contributed by atoms with Gasteiger partial charge in [-0.15, -0.1) is 0 Å². The van der Waals surface area contributed by atoms with Crippen molar-refractivity contribution in [2.75, 3.05) is 18.6 Å². The first-order chi connectivity index (χ1) is 9.35. The van der Waals surface area contributed by atoms with E-state index in [0.29, 0.717) is 5.69 Å². The maximum atomic E-state index is 12.0. The van der Waals surface area contributed by atoms with Crippen molar-refractivity contribution < 1.29 is 19.8 Å². The predicted molar refractivity (Wildman–Crippen MR) is 76.0 cm³/mol. The number of rotatable bonds is 5. The second-order valence-electron chi connectivity index (χ2n) is 4.76. The van der Waals surface area contributed by atoms with Gasteiger partial charge in [0.2, 0.25) is 0 Å².